The molecular formula is C8H12O5. The fraction of sp³-hybridized carbons (Fsp3) is 0.500. The summed E-state index contributed by atoms with van der Waals surface area (Å²) in [5.74, 6) is -0.607. The maximum atomic E-state index is 10.7. The molecule has 0 aromatic rings. The highest BCUT2D eigenvalue weighted by molar-refractivity contribution is 5.86. The lowest BCUT2D eigenvalue weighted by atomic mass is 10.4. The normalized spacial score (nSPS) is 8.77. The molecule has 0 fully saturated rings. The zero-order chi connectivity index (χ0) is 10.3. The molecule has 0 atom stereocenters. The van der Waals surface area contributed by atoms with Crippen molar-refractivity contribution in [1.82, 2.24) is 0 Å². The Morgan fingerprint density at radius 3 is 2.31 bits per heavy atom. The van der Waals surface area contributed by atoms with E-state index in [1.54, 1.807) is 6.92 Å². The van der Waals surface area contributed by atoms with Crippen LogP contribution in [0.3, 0.4) is 0 Å². The van der Waals surface area contributed by atoms with Crippen LogP contribution in [0.4, 0.5) is 4.79 Å². The molecule has 0 amide bonds. The second-order valence-electron chi connectivity index (χ2n) is 2.16. The van der Waals surface area contributed by atoms with Crippen molar-refractivity contribution < 1.29 is 23.8 Å². The van der Waals surface area contributed by atoms with Crippen molar-refractivity contribution in [1.29, 1.82) is 0 Å². The van der Waals surface area contributed by atoms with E-state index < -0.39 is 18.9 Å². The summed E-state index contributed by atoms with van der Waals surface area (Å²) in [6, 6.07) is 0. The van der Waals surface area contributed by atoms with Crippen LogP contribution in [0.5, 0.6) is 0 Å². The smallest absolute Gasteiger partial charge is 0.435 e. The highest BCUT2D eigenvalue weighted by Crippen LogP contribution is 1.93. The minimum atomic E-state index is -0.864. The van der Waals surface area contributed by atoms with Crippen LogP contribution in [-0.4, -0.2) is 25.5 Å². The quantitative estimate of drug-likeness (QED) is 0.377. The van der Waals surface area contributed by atoms with Gasteiger partial charge in [0.1, 0.15) is 0 Å². The molecule has 0 aliphatic rings. The molecule has 0 aliphatic heterocycles. The molecule has 0 aromatic carbocycles. The standard InChI is InChI=1S/C8H12O5/c1-4-11-8(10)13-5-12-7(9)6(2)3/h2,4-5H2,1,3H3. The maximum Gasteiger partial charge on any atom is 0.511 e. The van der Waals surface area contributed by atoms with E-state index in [0.717, 1.165) is 0 Å². The van der Waals surface area contributed by atoms with Crippen LogP contribution < -0.4 is 0 Å². The van der Waals surface area contributed by atoms with Crippen molar-refractivity contribution in [3.63, 3.8) is 0 Å². The summed E-state index contributed by atoms with van der Waals surface area (Å²) in [4.78, 5) is 21.3. The third-order valence-electron chi connectivity index (χ3n) is 0.977. The van der Waals surface area contributed by atoms with Gasteiger partial charge >= 0.3 is 12.1 Å². The van der Waals surface area contributed by atoms with Gasteiger partial charge in [0.05, 0.1) is 6.61 Å². The van der Waals surface area contributed by atoms with Crippen LogP contribution in [-0.2, 0) is 19.0 Å². The maximum absolute atomic E-state index is 10.7. The van der Waals surface area contributed by atoms with Gasteiger partial charge in [-0.25, -0.2) is 9.59 Å². The van der Waals surface area contributed by atoms with Gasteiger partial charge < -0.3 is 14.2 Å². The minimum Gasteiger partial charge on any atom is -0.435 e. The SMILES string of the molecule is C=C(C)C(=O)OCOC(=O)OCC. The van der Waals surface area contributed by atoms with Crippen molar-refractivity contribution in [3.8, 4) is 0 Å². The molecule has 0 bridgehead atoms. The number of hydrogen-bond acceptors (Lipinski definition) is 5. The van der Waals surface area contributed by atoms with Crippen molar-refractivity contribution in [3.05, 3.63) is 12.2 Å². The molecule has 74 valence electrons. The zero-order valence-corrected chi connectivity index (χ0v) is 7.66. The number of ether oxygens (including phenoxy) is 3. The number of carbonyl (C=O) groups excluding carboxylic acids is 2. The molecule has 0 rings (SSSR count). The van der Waals surface area contributed by atoms with Crippen molar-refractivity contribution in [2.75, 3.05) is 13.4 Å². The van der Waals surface area contributed by atoms with Crippen molar-refractivity contribution >= 4 is 12.1 Å². The third kappa shape index (κ3) is 5.72. The van der Waals surface area contributed by atoms with Gasteiger partial charge in [0.2, 0.25) is 6.79 Å². The summed E-state index contributed by atoms with van der Waals surface area (Å²) >= 11 is 0. The van der Waals surface area contributed by atoms with Crippen molar-refractivity contribution in [2.45, 2.75) is 13.8 Å². The van der Waals surface area contributed by atoms with Gasteiger partial charge in [-0.2, -0.15) is 0 Å². The molecule has 0 radical (unpaired) electrons. The van der Waals surface area contributed by atoms with Crippen LogP contribution in [0.1, 0.15) is 13.8 Å². The van der Waals surface area contributed by atoms with Gasteiger partial charge in [0.15, 0.2) is 0 Å². The Bertz CT molecular complexity index is 209. The van der Waals surface area contributed by atoms with Gasteiger partial charge in [-0.05, 0) is 13.8 Å². The van der Waals surface area contributed by atoms with Crippen LogP contribution in [0.2, 0.25) is 0 Å². The average Bonchev–Trinajstić information content (AvgIpc) is 2.04. The molecule has 0 saturated heterocycles. The van der Waals surface area contributed by atoms with Crippen LogP contribution in [0.15, 0.2) is 12.2 Å². The number of esters is 1. The number of carbonyl (C=O) groups is 2. The third-order valence-corrected chi connectivity index (χ3v) is 0.977. The van der Waals surface area contributed by atoms with Gasteiger partial charge in [-0.1, -0.05) is 6.58 Å². The summed E-state index contributed by atoms with van der Waals surface area (Å²) in [6.45, 7) is 6.24. The first-order chi connectivity index (χ1) is 6.07. The Labute approximate surface area is 76.3 Å². The lowest BCUT2D eigenvalue weighted by Gasteiger charge is -2.04. The lowest BCUT2D eigenvalue weighted by molar-refractivity contribution is -0.148. The van der Waals surface area contributed by atoms with E-state index in [2.05, 4.69) is 20.8 Å². The fourth-order valence-electron chi connectivity index (χ4n) is 0.414. The highest BCUT2D eigenvalue weighted by Gasteiger charge is 2.05. The van der Waals surface area contributed by atoms with Gasteiger partial charge in [-0.3, -0.25) is 0 Å². The second kappa shape index (κ2) is 6.05. The Hall–Kier alpha value is -1.52. The summed E-state index contributed by atoms with van der Waals surface area (Å²) in [5.41, 5.74) is 0.243. The molecule has 0 unspecified atom stereocenters. The zero-order valence-electron chi connectivity index (χ0n) is 7.66. The Kier molecular flexibility index (Phi) is 5.34. The first kappa shape index (κ1) is 11.5. The minimum absolute atomic E-state index is 0.216. The van der Waals surface area contributed by atoms with E-state index in [0.29, 0.717) is 0 Å². The van der Waals surface area contributed by atoms with E-state index in [1.807, 2.05) is 0 Å². The largest absolute Gasteiger partial charge is 0.511 e. The van der Waals surface area contributed by atoms with Gasteiger partial charge in [0, 0.05) is 5.57 Å². The van der Waals surface area contributed by atoms with E-state index in [9.17, 15) is 9.59 Å². The van der Waals surface area contributed by atoms with Crippen molar-refractivity contribution in [2.24, 2.45) is 0 Å². The molecule has 5 heteroatoms. The molecule has 0 spiro atoms. The first-order valence-corrected chi connectivity index (χ1v) is 3.70. The van der Waals surface area contributed by atoms with E-state index in [1.165, 1.54) is 6.92 Å². The topological polar surface area (TPSA) is 61.8 Å². The molecule has 0 aromatic heterocycles. The summed E-state index contributed by atoms with van der Waals surface area (Å²) < 4.78 is 13.2. The van der Waals surface area contributed by atoms with Crippen LogP contribution >= 0.6 is 0 Å². The molecule has 0 heterocycles. The van der Waals surface area contributed by atoms with Gasteiger partial charge in [0.25, 0.3) is 0 Å². The number of rotatable bonds is 4. The monoisotopic (exact) mass is 188 g/mol. The molecule has 0 N–H and O–H groups in total. The summed E-state index contributed by atoms with van der Waals surface area (Å²) in [5, 5.41) is 0. The summed E-state index contributed by atoms with van der Waals surface area (Å²) in [7, 11) is 0. The molecule has 0 aliphatic carbocycles. The molecular weight excluding hydrogens is 176 g/mol. The first-order valence-electron chi connectivity index (χ1n) is 3.70. The van der Waals surface area contributed by atoms with E-state index in [-0.39, 0.29) is 12.2 Å². The Morgan fingerprint density at radius 1 is 1.23 bits per heavy atom. The second-order valence-corrected chi connectivity index (χ2v) is 2.16. The van der Waals surface area contributed by atoms with Gasteiger partial charge in [-0.15, -0.1) is 0 Å². The predicted octanol–water partition coefficient (Wildman–Crippen LogP) is 1.24. The Balaban J connectivity index is 3.50. The lowest BCUT2D eigenvalue weighted by Crippen LogP contribution is -2.13. The number of hydrogen-bond donors (Lipinski definition) is 0. The highest BCUT2D eigenvalue weighted by atomic mass is 16.8. The van der Waals surface area contributed by atoms with Crippen LogP contribution in [0, 0.1) is 0 Å². The molecule has 5 nitrogen and oxygen atoms in total. The van der Waals surface area contributed by atoms with Crippen LogP contribution in [0.25, 0.3) is 0 Å². The summed E-state index contributed by atoms with van der Waals surface area (Å²) in [6.07, 6.45) is -0.864. The average molecular weight is 188 g/mol. The Morgan fingerprint density at radius 2 is 1.85 bits per heavy atom. The molecule has 0 saturated carbocycles. The predicted molar refractivity (Wildman–Crippen MR) is 43.9 cm³/mol. The van der Waals surface area contributed by atoms with E-state index in [4.69, 9.17) is 0 Å². The fourth-order valence-corrected chi connectivity index (χ4v) is 0.414. The molecule has 13 heavy (non-hydrogen) atoms. The van der Waals surface area contributed by atoms with E-state index >= 15 is 0 Å².